The lowest BCUT2D eigenvalue weighted by Gasteiger charge is -2.24. The van der Waals surface area contributed by atoms with Crippen LogP contribution in [0.5, 0.6) is 5.88 Å². The van der Waals surface area contributed by atoms with Gasteiger partial charge in [0.05, 0.1) is 7.11 Å². The van der Waals surface area contributed by atoms with Gasteiger partial charge in [-0.1, -0.05) is 0 Å². The van der Waals surface area contributed by atoms with Gasteiger partial charge in [-0.3, -0.25) is 5.32 Å². The first-order valence-electron chi connectivity index (χ1n) is 6.29. The van der Waals surface area contributed by atoms with E-state index in [1.54, 1.807) is 20.2 Å². The summed E-state index contributed by atoms with van der Waals surface area (Å²) in [5.41, 5.74) is 0. The molecule has 0 amide bonds. The predicted octanol–water partition coefficient (Wildman–Crippen LogP) is 0.651. The van der Waals surface area contributed by atoms with Gasteiger partial charge >= 0.3 is 0 Å². The van der Waals surface area contributed by atoms with Gasteiger partial charge in [0.25, 0.3) is 6.02 Å². The lowest BCUT2D eigenvalue weighted by atomic mass is 10.1. The maximum absolute atomic E-state index is 5.79. The molecule has 1 unspecified atom stereocenters. The average molecular weight is 265 g/mol. The number of amidine groups is 1. The van der Waals surface area contributed by atoms with Gasteiger partial charge in [-0.05, 0) is 19.4 Å². The van der Waals surface area contributed by atoms with E-state index >= 15 is 0 Å². The topological polar surface area (TPSA) is 80.7 Å². The molecule has 1 aromatic heterocycles. The molecule has 2 heterocycles. The summed E-state index contributed by atoms with van der Waals surface area (Å²) in [5.74, 6) is 1.09. The van der Waals surface area contributed by atoms with E-state index in [1.165, 1.54) is 6.33 Å². The molecule has 1 aliphatic heterocycles. The normalized spacial score (nSPS) is 19.9. The molecular formula is C12H19N5O2. The molecule has 7 heteroatoms. The number of hydrogen-bond donors (Lipinski definition) is 2. The van der Waals surface area contributed by atoms with E-state index < -0.39 is 0 Å². The second-order valence-electron chi connectivity index (χ2n) is 4.19. The maximum Gasteiger partial charge on any atom is 0.290 e. The standard InChI is InChI=1S/C12H19N5O2/c1-13-12(19-9-4-3-5-14-7-9)17-10-6-11(18-2)16-8-15-10/h6,8-9,14H,3-5,7H2,1-2H3,(H,13,15,16,17). The minimum atomic E-state index is 0.142. The Balaban J connectivity index is 1.94. The van der Waals surface area contributed by atoms with E-state index in [9.17, 15) is 0 Å². The summed E-state index contributed by atoms with van der Waals surface area (Å²) in [6.45, 7) is 1.89. The van der Waals surface area contributed by atoms with Gasteiger partial charge in [0.2, 0.25) is 5.88 Å². The number of nitrogens with one attached hydrogen (secondary N) is 2. The molecule has 7 nitrogen and oxygen atoms in total. The Kier molecular flexibility index (Phi) is 4.91. The highest BCUT2D eigenvalue weighted by molar-refractivity contribution is 5.88. The third kappa shape index (κ3) is 4.06. The van der Waals surface area contributed by atoms with Crippen LogP contribution in [0.15, 0.2) is 17.4 Å². The number of rotatable bonds is 3. The molecule has 0 bridgehead atoms. The maximum atomic E-state index is 5.79. The number of nitrogens with zero attached hydrogens (tertiary/aromatic N) is 3. The Bertz CT molecular complexity index is 432. The molecule has 0 aromatic carbocycles. The largest absolute Gasteiger partial charge is 0.481 e. The van der Waals surface area contributed by atoms with Crippen molar-refractivity contribution < 1.29 is 9.47 Å². The second-order valence-corrected chi connectivity index (χ2v) is 4.19. The first-order chi connectivity index (χ1) is 9.31. The number of ether oxygens (including phenoxy) is 2. The van der Waals surface area contributed by atoms with Crippen molar-refractivity contribution in [2.45, 2.75) is 18.9 Å². The number of methoxy groups -OCH3 is 1. The monoisotopic (exact) mass is 265 g/mol. The molecule has 2 N–H and O–H groups in total. The first-order valence-corrected chi connectivity index (χ1v) is 6.29. The zero-order chi connectivity index (χ0) is 13.5. The van der Waals surface area contributed by atoms with Crippen molar-refractivity contribution in [1.29, 1.82) is 0 Å². The molecule has 1 aromatic rings. The van der Waals surface area contributed by atoms with Gasteiger partial charge in [-0.25, -0.2) is 15.0 Å². The smallest absolute Gasteiger partial charge is 0.290 e. The average Bonchev–Trinajstić information content (AvgIpc) is 2.48. The van der Waals surface area contributed by atoms with Crippen LogP contribution in [-0.2, 0) is 4.74 Å². The van der Waals surface area contributed by atoms with Crippen molar-refractivity contribution >= 4 is 11.8 Å². The van der Waals surface area contributed by atoms with Crippen molar-refractivity contribution in [2.24, 2.45) is 4.99 Å². The highest BCUT2D eigenvalue weighted by Crippen LogP contribution is 2.12. The minimum absolute atomic E-state index is 0.142. The highest BCUT2D eigenvalue weighted by Gasteiger charge is 2.16. The molecule has 2 rings (SSSR count). The van der Waals surface area contributed by atoms with E-state index in [-0.39, 0.29) is 6.10 Å². The molecule has 1 atom stereocenters. The van der Waals surface area contributed by atoms with Gasteiger partial charge in [-0.2, -0.15) is 0 Å². The summed E-state index contributed by atoms with van der Waals surface area (Å²) in [7, 11) is 3.24. The molecule has 0 saturated carbocycles. The molecule has 0 aliphatic carbocycles. The molecule has 19 heavy (non-hydrogen) atoms. The van der Waals surface area contributed by atoms with Gasteiger partial charge in [0.15, 0.2) is 0 Å². The van der Waals surface area contributed by atoms with Crippen molar-refractivity contribution in [2.75, 3.05) is 32.6 Å². The van der Waals surface area contributed by atoms with Crippen LogP contribution in [0.25, 0.3) is 0 Å². The second kappa shape index (κ2) is 6.89. The van der Waals surface area contributed by atoms with Crippen LogP contribution in [0.2, 0.25) is 0 Å². The summed E-state index contributed by atoms with van der Waals surface area (Å²) < 4.78 is 10.8. The quantitative estimate of drug-likeness (QED) is 0.617. The molecule has 104 valence electrons. The van der Waals surface area contributed by atoms with Crippen LogP contribution in [0.4, 0.5) is 5.82 Å². The predicted molar refractivity (Wildman–Crippen MR) is 72.5 cm³/mol. The van der Waals surface area contributed by atoms with Crippen LogP contribution in [0, 0.1) is 0 Å². The fourth-order valence-corrected chi connectivity index (χ4v) is 1.85. The Morgan fingerprint density at radius 2 is 2.42 bits per heavy atom. The number of hydrogen-bond acceptors (Lipinski definition) is 6. The van der Waals surface area contributed by atoms with Gasteiger partial charge in [-0.15, -0.1) is 0 Å². The van der Waals surface area contributed by atoms with Crippen LogP contribution < -0.4 is 15.4 Å². The number of anilines is 1. The Morgan fingerprint density at radius 3 is 3.11 bits per heavy atom. The Morgan fingerprint density at radius 1 is 1.53 bits per heavy atom. The lowest BCUT2D eigenvalue weighted by Crippen LogP contribution is -2.38. The summed E-state index contributed by atoms with van der Waals surface area (Å²) in [4.78, 5) is 12.1. The van der Waals surface area contributed by atoms with Crippen LogP contribution in [0.1, 0.15) is 12.8 Å². The number of aliphatic imine (C=N–C) groups is 1. The van der Waals surface area contributed by atoms with E-state index in [1.807, 2.05) is 0 Å². The Labute approximate surface area is 112 Å². The van der Waals surface area contributed by atoms with Crippen LogP contribution >= 0.6 is 0 Å². The van der Waals surface area contributed by atoms with E-state index in [2.05, 4.69) is 25.6 Å². The summed E-state index contributed by atoms with van der Waals surface area (Å²) >= 11 is 0. The van der Waals surface area contributed by atoms with Crippen molar-refractivity contribution in [3.8, 4) is 5.88 Å². The highest BCUT2D eigenvalue weighted by atomic mass is 16.5. The first kappa shape index (κ1) is 13.5. The van der Waals surface area contributed by atoms with E-state index in [0.717, 1.165) is 25.9 Å². The lowest BCUT2D eigenvalue weighted by molar-refractivity contribution is 0.154. The summed E-state index contributed by atoms with van der Waals surface area (Å²) in [5, 5.41) is 6.31. The van der Waals surface area contributed by atoms with Crippen LogP contribution in [-0.4, -0.2) is 49.3 Å². The fourth-order valence-electron chi connectivity index (χ4n) is 1.85. The third-order valence-electron chi connectivity index (χ3n) is 2.82. The van der Waals surface area contributed by atoms with Crippen molar-refractivity contribution in [1.82, 2.24) is 15.3 Å². The molecule has 0 spiro atoms. The Hall–Kier alpha value is -1.89. The van der Waals surface area contributed by atoms with E-state index in [0.29, 0.717) is 17.7 Å². The van der Waals surface area contributed by atoms with Crippen molar-refractivity contribution in [3.63, 3.8) is 0 Å². The van der Waals surface area contributed by atoms with Crippen LogP contribution in [0.3, 0.4) is 0 Å². The third-order valence-corrected chi connectivity index (χ3v) is 2.82. The minimum Gasteiger partial charge on any atom is -0.481 e. The molecule has 1 saturated heterocycles. The van der Waals surface area contributed by atoms with Gasteiger partial charge < -0.3 is 14.8 Å². The number of piperidine rings is 1. The molecule has 0 radical (unpaired) electrons. The molecule has 1 aliphatic rings. The van der Waals surface area contributed by atoms with Gasteiger partial charge in [0.1, 0.15) is 18.2 Å². The molecular weight excluding hydrogens is 246 g/mol. The summed E-state index contributed by atoms with van der Waals surface area (Å²) in [6, 6.07) is 2.14. The van der Waals surface area contributed by atoms with E-state index in [4.69, 9.17) is 9.47 Å². The fraction of sp³-hybridized carbons (Fsp3) is 0.583. The zero-order valence-corrected chi connectivity index (χ0v) is 11.2. The van der Waals surface area contributed by atoms with Gasteiger partial charge in [0, 0.05) is 19.7 Å². The summed E-state index contributed by atoms with van der Waals surface area (Å²) in [6.07, 6.45) is 3.71. The number of aromatic nitrogens is 2. The SMILES string of the molecule is CN=C(Nc1cc(OC)ncn1)OC1CCCNC1. The van der Waals surface area contributed by atoms with Crippen molar-refractivity contribution in [3.05, 3.63) is 12.4 Å². The zero-order valence-electron chi connectivity index (χ0n) is 11.2. The molecule has 1 fully saturated rings.